The molecule has 0 aromatic heterocycles. The standard InChI is InChI=1S/C40H37N3O7S/c1-47-30-18-22-34(48-2)32(25-30)42-40(46)37(27-11-7-5-8-12-27)51-31-19-16-29(17-20-31)41-39(45)33(43-38(44)28-13-9-6-10-14-28)23-26-15-21-35(49-3)36(24-26)50-4/h5-25,37H,1-4H3,(H,41,45)(H,42,46)(H,43,44)/b33-23-. The molecular formula is C40H37N3O7S. The topological polar surface area (TPSA) is 124 Å². The molecule has 5 rings (SSSR count). The van der Waals surface area contributed by atoms with E-state index in [2.05, 4.69) is 16.0 Å². The number of amides is 3. The number of methoxy groups -OCH3 is 4. The van der Waals surface area contributed by atoms with Crippen LogP contribution in [0.1, 0.15) is 26.7 Å². The number of carbonyl (C=O) groups is 3. The minimum absolute atomic E-state index is 0.0170. The summed E-state index contributed by atoms with van der Waals surface area (Å²) in [5.74, 6) is 0.839. The van der Waals surface area contributed by atoms with Crippen LogP contribution in [0.2, 0.25) is 0 Å². The van der Waals surface area contributed by atoms with Crippen LogP contribution < -0.4 is 34.9 Å². The van der Waals surface area contributed by atoms with E-state index in [4.69, 9.17) is 18.9 Å². The molecule has 1 unspecified atom stereocenters. The second-order valence-electron chi connectivity index (χ2n) is 10.9. The van der Waals surface area contributed by atoms with Crippen molar-refractivity contribution in [2.75, 3.05) is 39.1 Å². The van der Waals surface area contributed by atoms with Crippen LogP contribution in [0.15, 0.2) is 132 Å². The van der Waals surface area contributed by atoms with Gasteiger partial charge >= 0.3 is 0 Å². The third-order valence-electron chi connectivity index (χ3n) is 7.62. The van der Waals surface area contributed by atoms with Gasteiger partial charge in [0.05, 0.1) is 34.1 Å². The van der Waals surface area contributed by atoms with Crippen molar-refractivity contribution >= 4 is 46.9 Å². The number of rotatable bonds is 14. The average molecular weight is 704 g/mol. The van der Waals surface area contributed by atoms with Gasteiger partial charge in [-0.25, -0.2) is 0 Å². The first kappa shape index (κ1) is 36.1. The number of anilines is 2. The van der Waals surface area contributed by atoms with Crippen molar-refractivity contribution in [2.24, 2.45) is 0 Å². The molecule has 260 valence electrons. The number of ether oxygens (including phenoxy) is 4. The van der Waals surface area contributed by atoms with E-state index >= 15 is 0 Å². The molecule has 0 aliphatic heterocycles. The van der Waals surface area contributed by atoms with E-state index in [0.29, 0.717) is 45.5 Å². The number of nitrogens with one attached hydrogen (secondary N) is 3. The van der Waals surface area contributed by atoms with Gasteiger partial charge in [0.2, 0.25) is 5.91 Å². The molecular weight excluding hydrogens is 667 g/mol. The molecule has 10 nitrogen and oxygen atoms in total. The van der Waals surface area contributed by atoms with Crippen molar-refractivity contribution in [3.05, 3.63) is 144 Å². The summed E-state index contributed by atoms with van der Waals surface area (Å²) in [6.45, 7) is 0. The van der Waals surface area contributed by atoms with Gasteiger partial charge in [0, 0.05) is 22.2 Å². The summed E-state index contributed by atoms with van der Waals surface area (Å²) in [5, 5.41) is 7.98. The molecule has 0 saturated heterocycles. The molecule has 51 heavy (non-hydrogen) atoms. The lowest BCUT2D eigenvalue weighted by molar-refractivity contribution is -0.116. The van der Waals surface area contributed by atoms with Crippen molar-refractivity contribution in [1.82, 2.24) is 5.32 Å². The minimum atomic E-state index is -0.619. The number of carbonyl (C=O) groups excluding carboxylic acids is 3. The highest BCUT2D eigenvalue weighted by Crippen LogP contribution is 2.38. The molecule has 0 saturated carbocycles. The fourth-order valence-corrected chi connectivity index (χ4v) is 6.04. The lowest BCUT2D eigenvalue weighted by Crippen LogP contribution is -2.30. The summed E-state index contributed by atoms with van der Waals surface area (Å²) in [5.41, 5.74) is 2.79. The molecule has 11 heteroatoms. The molecule has 3 N–H and O–H groups in total. The first-order valence-electron chi connectivity index (χ1n) is 15.8. The Kier molecular flexibility index (Phi) is 12.4. The van der Waals surface area contributed by atoms with Crippen LogP contribution >= 0.6 is 11.8 Å². The maximum atomic E-state index is 13.7. The Balaban J connectivity index is 1.36. The smallest absolute Gasteiger partial charge is 0.272 e. The van der Waals surface area contributed by atoms with Gasteiger partial charge in [0.25, 0.3) is 11.8 Å². The average Bonchev–Trinajstić information content (AvgIpc) is 3.17. The van der Waals surface area contributed by atoms with Gasteiger partial charge in [-0.2, -0.15) is 0 Å². The zero-order valence-corrected chi connectivity index (χ0v) is 29.3. The number of hydrogen-bond acceptors (Lipinski definition) is 8. The van der Waals surface area contributed by atoms with E-state index < -0.39 is 17.1 Å². The predicted octanol–water partition coefficient (Wildman–Crippen LogP) is 7.60. The first-order chi connectivity index (χ1) is 24.8. The molecule has 1 atom stereocenters. The highest BCUT2D eigenvalue weighted by molar-refractivity contribution is 8.00. The molecule has 0 heterocycles. The summed E-state index contributed by atoms with van der Waals surface area (Å²) < 4.78 is 21.5. The Morgan fingerprint density at radius 1 is 0.647 bits per heavy atom. The van der Waals surface area contributed by atoms with Gasteiger partial charge in [0.15, 0.2) is 11.5 Å². The fourth-order valence-electron chi connectivity index (χ4n) is 5.01. The van der Waals surface area contributed by atoms with Crippen LogP contribution in [0.5, 0.6) is 23.0 Å². The van der Waals surface area contributed by atoms with Crippen LogP contribution in [-0.4, -0.2) is 46.2 Å². The molecule has 0 bridgehead atoms. The van der Waals surface area contributed by atoms with Crippen LogP contribution in [0, 0.1) is 0 Å². The Bertz CT molecular complexity index is 2000. The summed E-state index contributed by atoms with van der Waals surface area (Å²) in [4.78, 5) is 41.3. The third-order valence-corrected chi connectivity index (χ3v) is 8.88. The van der Waals surface area contributed by atoms with Crippen LogP contribution in [0.25, 0.3) is 6.08 Å². The number of thioether (sulfide) groups is 1. The van der Waals surface area contributed by atoms with Crippen molar-refractivity contribution in [1.29, 1.82) is 0 Å². The summed E-state index contributed by atoms with van der Waals surface area (Å²) in [7, 11) is 6.14. The van der Waals surface area contributed by atoms with Crippen molar-refractivity contribution in [3.8, 4) is 23.0 Å². The molecule has 0 fully saturated rings. The van der Waals surface area contributed by atoms with E-state index in [9.17, 15) is 14.4 Å². The van der Waals surface area contributed by atoms with Crippen LogP contribution in [-0.2, 0) is 9.59 Å². The molecule has 0 radical (unpaired) electrons. The maximum absolute atomic E-state index is 13.7. The van der Waals surface area contributed by atoms with Gasteiger partial charge in [-0.05, 0) is 77.9 Å². The highest BCUT2D eigenvalue weighted by Gasteiger charge is 2.24. The van der Waals surface area contributed by atoms with Gasteiger partial charge < -0.3 is 34.9 Å². The van der Waals surface area contributed by atoms with Crippen molar-refractivity contribution < 1.29 is 33.3 Å². The van der Waals surface area contributed by atoms with Crippen LogP contribution in [0.3, 0.4) is 0 Å². The lowest BCUT2D eigenvalue weighted by atomic mass is 10.1. The molecule has 5 aromatic carbocycles. The summed E-state index contributed by atoms with van der Waals surface area (Å²) >= 11 is 1.35. The number of benzene rings is 5. The van der Waals surface area contributed by atoms with Crippen molar-refractivity contribution in [2.45, 2.75) is 10.1 Å². The largest absolute Gasteiger partial charge is 0.497 e. The Morgan fingerprint density at radius 3 is 1.94 bits per heavy atom. The Labute approximate surface area is 300 Å². The lowest BCUT2D eigenvalue weighted by Gasteiger charge is -2.19. The first-order valence-corrected chi connectivity index (χ1v) is 16.7. The van der Waals surface area contributed by atoms with Crippen LogP contribution in [0.4, 0.5) is 11.4 Å². The van der Waals surface area contributed by atoms with E-state index in [1.54, 1.807) is 92.0 Å². The molecule has 0 aliphatic carbocycles. The Morgan fingerprint density at radius 2 is 1.29 bits per heavy atom. The zero-order chi connectivity index (χ0) is 36.2. The predicted molar refractivity (Wildman–Crippen MR) is 200 cm³/mol. The van der Waals surface area contributed by atoms with E-state index in [-0.39, 0.29) is 11.6 Å². The SMILES string of the molecule is COc1ccc(OC)c(NC(=O)C(Sc2ccc(NC(=O)/C(=C/c3ccc(OC)c(OC)c3)NC(=O)c3ccccc3)cc2)c2ccccc2)c1. The van der Waals surface area contributed by atoms with Crippen molar-refractivity contribution in [3.63, 3.8) is 0 Å². The normalized spacial score (nSPS) is 11.5. The molecule has 3 amide bonds. The second kappa shape index (κ2) is 17.5. The fraction of sp³-hybridized carbons (Fsp3) is 0.125. The molecule has 5 aromatic rings. The monoisotopic (exact) mass is 703 g/mol. The molecule has 0 spiro atoms. The third kappa shape index (κ3) is 9.49. The minimum Gasteiger partial charge on any atom is -0.497 e. The van der Waals surface area contributed by atoms with Gasteiger partial charge in [-0.1, -0.05) is 54.6 Å². The highest BCUT2D eigenvalue weighted by atomic mass is 32.2. The summed E-state index contributed by atoms with van der Waals surface area (Å²) in [6, 6.07) is 35.5. The van der Waals surface area contributed by atoms with Gasteiger partial charge in [-0.3, -0.25) is 14.4 Å². The quantitative estimate of drug-likeness (QED) is 0.0798. The van der Waals surface area contributed by atoms with E-state index in [1.807, 2.05) is 42.5 Å². The van der Waals surface area contributed by atoms with Gasteiger partial charge in [0.1, 0.15) is 22.4 Å². The Hall–Kier alpha value is -6.20. The van der Waals surface area contributed by atoms with Gasteiger partial charge in [-0.15, -0.1) is 11.8 Å². The summed E-state index contributed by atoms with van der Waals surface area (Å²) in [6.07, 6.45) is 1.56. The van der Waals surface area contributed by atoms with E-state index in [0.717, 1.165) is 10.5 Å². The molecule has 0 aliphatic rings. The number of hydrogen-bond donors (Lipinski definition) is 3. The zero-order valence-electron chi connectivity index (χ0n) is 28.5. The van der Waals surface area contributed by atoms with E-state index in [1.165, 1.54) is 33.1 Å². The second-order valence-corrected chi connectivity index (χ2v) is 12.1. The maximum Gasteiger partial charge on any atom is 0.272 e.